The fourth-order valence-corrected chi connectivity index (χ4v) is 4.43. The molecular weight excluding hydrogens is 487 g/mol. The van der Waals surface area contributed by atoms with Gasteiger partial charge in [0.05, 0.1) is 5.75 Å². The van der Waals surface area contributed by atoms with Gasteiger partial charge in [-0.2, -0.15) is 0 Å². The zero-order valence-electron chi connectivity index (χ0n) is 18.8. The lowest BCUT2D eigenvalue weighted by Crippen LogP contribution is -2.14. The Morgan fingerprint density at radius 3 is 2.18 bits per heavy atom. The predicted molar refractivity (Wildman–Crippen MR) is 141 cm³/mol. The molecule has 0 radical (unpaired) electrons. The Morgan fingerprint density at radius 1 is 0.941 bits per heavy atom. The van der Waals surface area contributed by atoms with E-state index in [-0.39, 0.29) is 11.7 Å². The summed E-state index contributed by atoms with van der Waals surface area (Å²) in [4.78, 5) is 12.6. The summed E-state index contributed by atoms with van der Waals surface area (Å²) in [5, 5.41) is 13.6. The first-order chi connectivity index (χ1) is 16.4. The highest BCUT2D eigenvalue weighted by atomic mass is 35.5. The van der Waals surface area contributed by atoms with Gasteiger partial charge in [-0.25, -0.2) is 0 Å². The normalized spacial score (nSPS) is 11.9. The van der Waals surface area contributed by atoms with Crippen molar-refractivity contribution in [2.75, 3.05) is 11.1 Å². The number of aromatic nitrogens is 3. The van der Waals surface area contributed by atoms with E-state index in [4.69, 9.17) is 23.2 Å². The number of carbonyl (C=O) groups is 1. The average molecular weight is 511 g/mol. The van der Waals surface area contributed by atoms with E-state index in [0.29, 0.717) is 26.9 Å². The van der Waals surface area contributed by atoms with Crippen molar-refractivity contribution in [2.45, 2.75) is 31.3 Å². The average Bonchev–Trinajstić information content (AvgIpc) is 3.27. The Morgan fingerprint density at radius 2 is 1.56 bits per heavy atom. The van der Waals surface area contributed by atoms with E-state index in [2.05, 4.69) is 41.5 Å². The first kappa shape index (κ1) is 24.3. The van der Waals surface area contributed by atoms with Gasteiger partial charge in [0.15, 0.2) is 11.0 Å². The van der Waals surface area contributed by atoms with Crippen LogP contribution in [0.3, 0.4) is 0 Å². The number of nitrogens with one attached hydrogen (secondary N) is 1. The highest BCUT2D eigenvalue weighted by Crippen LogP contribution is 2.29. The topological polar surface area (TPSA) is 59.8 Å². The molecule has 0 bridgehead atoms. The van der Waals surface area contributed by atoms with Crippen LogP contribution in [-0.2, 0) is 4.79 Å². The van der Waals surface area contributed by atoms with E-state index >= 15 is 0 Å². The molecule has 0 aliphatic carbocycles. The second-order valence-electron chi connectivity index (χ2n) is 7.89. The fourth-order valence-electron chi connectivity index (χ4n) is 3.43. The Labute approximate surface area is 213 Å². The number of hydrogen-bond donors (Lipinski definition) is 1. The molecule has 0 saturated carbocycles. The van der Waals surface area contributed by atoms with E-state index in [9.17, 15) is 4.79 Å². The second-order valence-corrected chi connectivity index (χ2v) is 9.71. The summed E-state index contributed by atoms with van der Waals surface area (Å²) in [6, 6.07) is 22.8. The van der Waals surface area contributed by atoms with Gasteiger partial charge in [-0.3, -0.25) is 9.36 Å². The third-order valence-corrected chi connectivity index (χ3v) is 6.96. The van der Waals surface area contributed by atoms with Gasteiger partial charge in [-0.15, -0.1) is 10.2 Å². The molecule has 4 rings (SSSR count). The van der Waals surface area contributed by atoms with Gasteiger partial charge in [0.2, 0.25) is 5.91 Å². The number of amides is 1. The van der Waals surface area contributed by atoms with Gasteiger partial charge in [-0.1, -0.05) is 60.9 Å². The smallest absolute Gasteiger partial charge is 0.234 e. The maximum absolute atomic E-state index is 12.6. The third kappa shape index (κ3) is 5.81. The molecule has 0 aliphatic heterocycles. The largest absolute Gasteiger partial charge is 0.325 e. The molecule has 8 heteroatoms. The van der Waals surface area contributed by atoms with Crippen LogP contribution in [0.15, 0.2) is 78.0 Å². The summed E-state index contributed by atoms with van der Waals surface area (Å²) in [6.45, 7) is 4.36. The molecule has 5 nitrogen and oxygen atoms in total. The van der Waals surface area contributed by atoms with E-state index in [0.717, 1.165) is 23.4 Å². The van der Waals surface area contributed by atoms with Crippen molar-refractivity contribution in [3.8, 4) is 17.1 Å². The molecule has 174 valence electrons. The number of nitrogens with zero attached hydrogens (tertiary/aromatic N) is 3. The molecule has 1 amide bonds. The maximum atomic E-state index is 12.6. The Balaban J connectivity index is 1.53. The van der Waals surface area contributed by atoms with Gasteiger partial charge in [0.25, 0.3) is 0 Å². The summed E-state index contributed by atoms with van der Waals surface area (Å²) in [5.41, 5.74) is 3.76. The first-order valence-corrected chi connectivity index (χ1v) is 12.7. The van der Waals surface area contributed by atoms with Crippen molar-refractivity contribution in [3.05, 3.63) is 88.4 Å². The summed E-state index contributed by atoms with van der Waals surface area (Å²) < 4.78 is 1.92. The van der Waals surface area contributed by atoms with Gasteiger partial charge < -0.3 is 5.32 Å². The molecular formula is C26H24Cl2N4OS. The lowest BCUT2D eigenvalue weighted by Gasteiger charge is -2.12. The molecule has 3 aromatic carbocycles. The number of anilines is 1. The standard InChI is InChI=1S/C26H24Cl2N4OS/c1-3-17(2)18-6-12-22(13-7-18)29-24(33)16-34-26-31-30-25(19-4-8-20(27)9-5-19)32(26)23-14-10-21(28)11-15-23/h4-15,17H,3,16H2,1-2H3,(H,29,33). The van der Waals surface area contributed by atoms with E-state index in [1.54, 1.807) is 0 Å². The summed E-state index contributed by atoms with van der Waals surface area (Å²) in [5.74, 6) is 1.23. The Hall–Kier alpha value is -2.80. The lowest BCUT2D eigenvalue weighted by atomic mass is 9.99. The van der Waals surface area contributed by atoms with Gasteiger partial charge in [0.1, 0.15) is 0 Å². The Bertz CT molecular complexity index is 1260. The summed E-state index contributed by atoms with van der Waals surface area (Å²) in [7, 11) is 0. The Kier molecular flexibility index (Phi) is 7.93. The molecule has 0 spiro atoms. The number of benzene rings is 3. The van der Waals surface area contributed by atoms with Crippen molar-refractivity contribution < 1.29 is 4.79 Å². The quantitative estimate of drug-likeness (QED) is 0.249. The molecule has 1 N–H and O–H groups in total. The molecule has 1 atom stereocenters. The van der Waals surface area contributed by atoms with Crippen LogP contribution in [0.2, 0.25) is 10.0 Å². The minimum Gasteiger partial charge on any atom is -0.325 e. The maximum Gasteiger partial charge on any atom is 0.234 e. The number of hydrogen-bond acceptors (Lipinski definition) is 4. The van der Waals surface area contributed by atoms with Crippen LogP contribution in [-0.4, -0.2) is 26.4 Å². The van der Waals surface area contributed by atoms with E-state index in [1.807, 2.05) is 65.2 Å². The van der Waals surface area contributed by atoms with E-state index in [1.165, 1.54) is 17.3 Å². The van der Waals surface area contributed by atoms with Crippen molar-refractivity contribution in [1.82, 2.24) is 14.8 Å². The second kappa shape index (κ2) is 11.1. The SMILES string of the molecule is CCC(C)c1ccc(NC(=O)CSc2nnc(-c3ccc(Cl)cc3)n2-c2ccc(Cl)cc2)cc1. The van der Waals surface area contributed by atoms with Crippen LogP contribution in [0, 0.1) is 0 Å². The molecule has 0 fully saturated rings. The van der Waals surface area contributed by atoms with E-state index < -0.39 is 0 Å². The number of halogens is 2. The van der Waals surface area contributed by atoms with Crippen LogP contribution in [0.1, 0.15) is 31.7 Å². The summed E-state index contributed by atoms with van der Waals surface area (Å²) in [6.07, 6.45) is 1.08. The van der Waals surface area contributed by atoms with Crippen molar-refractivity contribution >= 4 is 46.6 Å². The minimum absolute atomic E-state index is 0.111. The minimum atomic E-state index is -0.111. The molecule has 4 aromatic rings. The molecule has 1 heterocycles. The van der Waals surface area contributed by atoms with Crippen LogP contribution in [0.4, 0.5) is 5.69 Å². The zero-order valence-corrected chi connectivity index (χ0v) is 21.2. The van der Waals surface area contributed by atoms with Crippen LogP contribution >= 0.6 is 35.0 Å². The highest BCUT2D eigenvalue weighted by Gasteiger charge is 2.17. The fraction of sp³-hybridized carbons (Fsp3) is 0.192. The summed E-state index contributed by atoms with van der Waals surface area (Å²) >= 11 is 13.5. The number of rotatable bonds is 8. The van der Waals surface area contributed by atoms with Crippen molar-refractivity contribution in [2.24, 2.45) is 0 Å². The van der Waals surface area contributed by atoms with Crippen molar-refractivity contribution in [1.29, 1.82) is 0 Å². The molecule has 0 aliphatic rings. The van der Waals surface area contributed by atoms with Crippen LogP contribution < -0.4 is 5.32 Å². The molecule has 1 unspecified atom stereocenters. The molecule has 0 saturated heterocycles. The van der Waals surface area contributed by atoms with Crippen LogP contribution in [0.25, 0.3) is 17.1 Å². The zero-order chi connectivity index (χ0) is 24.1. The van der Waals surface area contributed by atoms with Crippen LogP contribution in [0.5, 0.6) is 0 Å². The molecule has 1 aromatic heterocycles. The number of carbonyl (C=O) groups excluding carboxylic acids is 1. The monoisotopic (exact) mass is 510 g/mol. The molecule has 34 heavy (non-hydrogen) atoms. The van der Waals surface area contributed by atoms with Crippen molar-refractivity contribution in [3.63, 3.8) is 0 Å². The first-order valence-electron chi connectivity index (χ1n) is 10.9. The highest BCUT2D eigenvalue weighted by molar-refractivity contribution is 7.99. The lowest BCUT2D eigenvalue weighted by molar-refractivity contribution is -0.113. The van der Waals surface area contributed by atoms with Gasteiger partial charge >= 0.3 is 0 Å². The number of thioether (sulfide) groups is 1. The van der Waals surface area contributed by atoms with Gasteiger partial charge in [-0.05, 0) is 78.6 Å². The van der Waals surface area contributed by atoms with Gasteiger partial charge in [0, 0.05) is 27.0 Å². The third-order valence-electron chi connectivity index (χ3n) is 5.53. The predicted octanol–water partition coefficient (Wildman–Crippen LogP) is 7.49.